The van der Waals surface area contributed by atoms with Crippen LogP contribution in [0.25, 0.3) is 0 Å². The van der Waals surface area contributed by atoms with Gasteiger partial charge in [0.1, 0.15) is 24.4 Å². The van der Waals surface area contributed by atoms with Crippen LogP contribution in [0.3, 0.4) is 0 Å². The summed E-state index contributed by atoms with van der Waals surface area (Å²) >= 11 is 0. The summed E-state index contributed by atoms with van der Waals surface area (Å²) in [6, 6.07) is 1.85. The van der Waals surface area contributed by atoms with Gasteiger partial charge in [-0.3, -0.25) is 19.8 Å². The van der Waals surface area contributed by atoms with Crippen molar-refractivity contribution in [3.8, 4) is 0 Å². The average molecular weight is 544 g/mol. The third-order valence-electron chi connectivity index (χ3n) is 4.85. The van der Waals surface area contributed by atoms with Gasteiger partial charge in [0, 0.05) is 24.7 Å². The predicted octanol–water partition coefficient (Wildman–Crippen LogP) is 4.21. The lowest BCUT2D eigenvalue weighted by atomic mass is 10.1. The first-order chi connectivity index (χ1) is 16.9. The molecule has 1 saturated heterocycles. The topological polar surface area (TPSA) is 114 Å². The van der Waals surface area contributed by atoms with Crippen LogP contribution >= 0.6 is 0 Å². The monoisotopic (exact) mass is 544 g/mol. The molecule has 1 fully saturated rings. The smallest absolute Gasteiger partial charge is 0.410 e. The van der Waals surface area contributed by atoms with E-state index >= 15 is 0 Å². The highest BCUT2D eigenvalue weighted by Crippen LogP contribution is 2.29. The number of ether oxygens (including phenoxy) is 2. The summed E-state index contributed by atoms with van der Waals surface area (Å²) in [4.78, 5) is 36.5. The number of rotatable bonds is 7. The molecule has 2 amide bonds. The van der Waals surface area contributed by atoms with E-state index in [2.05, 4.69) is 5.32 Å². The van der Waals surface area contributed by atoms with E-state index in [9.17, 15) is 46.0 Å². The summed E-state index contributed by atoms with van der Waals surface area (Å²) in [6.45, 7) is 1.06. The third kappa shape index (κ3) is 9.59. The molecule has 1 unspecified atom stereocenters. The summed E-state index contributed by atoms with van der Waals surface area (Å²) in [5, 5.41) is 14.3. The SMILES string of the molecule is CC(C)(C)OC(=O)N1CCOCC1CNc1ccc(C(=O)N(CC(F)(F)F)CC(F)(F)F)cc1[N+](=O)[O-]. The fraction of sp³-hybridized carbons (Fsp3) is 0.619. The normalized spacial score (nSPS) is 16.8. The summed E-state index contributed by atoms with van der Waals surface area (Å²) in [6.07, 6.45) is -10.9. The Kier molecular flexibility index (Phi) is 9.22. The average Bonchev–Trinajstić information content (AvgIpc) is 2.73. The van der Waals surface area contributed by atoms with E-state index in [4.69, 9.17) is 9.47 Å². The molecule has 0 aromatic heterocycles. The van der Waals surface area contributed by atoms with Crippen LogP contribution < -0.4 is 5.32 Å². The van der Waals surface area contributed by atoms with Gasteiger partial charge in [-0.2, -0.15) is 26.3 Å². The van der Waals surface area contributed by atoms with Gasteiger partial charge < -0.3 is 19.7 Å². The second kappa shape index (κ2) is 11.4. The number of anilines is 1. The molecule has 10 nitrogen and oxygen atoms in total. The number of nitro benzene ring substituents is 1. The van der Waals surface area contributed by atoms with Crippen LogP contribution in [0, 0.1) is 10.1 Å². The molecule has 0 radical (unpaired) electrons. The number of nitro groups is 1. The highest BCUT2D eigenvalue weighted by Gasteiger charge is 2.40. The number of morpholine rings is 1. The maximum absolute atomic E-state index is 12.8. The van der Waals surface area contributed by atoms with Crippen LogP contribution in [0.5, 0.6) is 0 Å². The molecule has 0 aliphatic carbocycles. The number of benzene rings is 1. The van der Waals surface area contributed by atoms with Crippen LogP contribution in [0.1, 0.15) is 31.1 Å². The molecule has 16 heteroatoms. The molecular formula is C21H26F6N4O6. The van der Waals surface area contributed by atoms with Crippen molar-refractivity contribution in [2.75, 3.05) is 44.7 Å². The minimum absolute atomic E-state index is 0.0678. The fourth-order valence-corrected chi connectivity index (χ4v) is 3.39. The molecular weight excluding hydrogens is 518 g/mol. The molecule has 0 saturated carbocycles. The van der Waals surface area contributed by atoms with Crippen molar-refractivity contribution >= 4 is 23.4 Å². The van der Waals surface area contributed by atoms with E-state index in [1.807, 2.05) is 0 Å². The van der Waals surface area contributed by atoms with Crippen molar-refractivity contribution in [1.29, 1.82) is 0 Å². The number of alkyl halides is 6. The van der Waals surface area contributed by atoms with Crippen molar-refractivity contribution in [3.63, 3.8) is 0 Å². The van der Waals surface area contributed by atoms with Crippen LogP contribution in [0.2, 0.25) is 0 Å². The number of nitrogens with one attached hydrogen (secondary N) is 1. The Morgan fingerprint density at radius 3 is 2.27 bits per heavy atom. The summed E-state index contributed by atoms with van der Waals surface area (Å²) in [5.74, 6) is -1.68. The highest BCUT2D eigenvalue weighted by atomic mass is 19.4. The Hall–Kier alpha value is -3.30. The Morgan fingerprint density at radius 2 is 1.76 bits per heavy atom. The van der Waals surface area contributed by atoms with Gasteiger partial charge in [0.15, 0.2) is 0 Å². The molecule has 0 spiro atoms. The van der Waals surface area contributed by atoms with E-state index in [0.717, 1.165) is 12.1 Å². The van der Waals surface area contributed by atoms with Crippen molar-refractivity contribution in [2.45, 2.75) is 44.8 Å². The molecule has 37 heavy (non-hydrogen) atoms. The zero-order chi connectivity index (χ0) is 28.2. The van der Waals surface area contributed by atoms with Gasteiger partial charge in [0.25, 0.3) is 11.6 Å². The quantitative estimate of drug-likeness (QED) is 0.311. The lowest BCUT2D eigenvalue weighted by Crippen LogP contribution is -2.53. The van der Waals surface area contributed by atoms with Crippen LogP contribution in [-0.2, 0) is 9.47 Å². The Bertz CT molecular complexity index is 979. The zero-order valence-electron chi connectivity index (χ0n) is 20.1. The molecule has 1 aromatic rings. The molecule has 2 rings (SSSR count). The van der Waals surface area contributed by atoms with Gasteiger partial charge in [0.2, 0.25) is 0 Å². The maximum atomic E-state index is 12.8. The molecule has 1 aliphatic rings. The lowest BCUT2D eigenvalue weighted by Gasteiger charge is -2.36. The van der Waals surface area contributed by atoms with Crippen molar-refractivity contribution in [2.24, 2.45) is 0 Å². The minimum atomic E-state index is -5.13. The first-order valence-electron chi connectivity index (χ1n) is 10.9. The van der Waals surface area contributed by atoms with Crippen LogP contribution in [-0.4, -0.2) is 90.1 Å². The summed E-state index contributed by atoms with van der Waals surface area (Å²) < 4.78 is 87.3. The number of hydrogen-bond donors (Lipinski definition) is 1. The third-order valence-corrected chi connectivity index (χ3v) is 4.85. The molecule has 208 valence electrons. The Labute approximate surface area is 207 Å². The second-order valence-corrected chi connectivity index (χ2v) is 9.16. The number of carbonyl (C=O) groups is 2. The van der Waals surface area contributed by atoms with Crippen LogP contribution in [0.4, 0.5) is 42.5 Å². The van der Waals surface area contributed by atoms with Crippen molar-refractivity contribution < 1.29 is 50.3 Å². The van der Waals surface area contributed by atoms with Crippen molar-refractivity contribution in [3.05, 3.63) is 33.9 Å². The van der Waals surface area contributed by atoms with Crippen molar-refractivity contribution in [1.82, 2.24) is 9.80 Å². The molecule has 1 N–H and O–H groups in total. The molecule has 1 atom stereocenters. The summed E-state index contributed by atoms with van der Waals surface area (Å²) in [5.41, 5.74) is -2.44. The van der Waals surface area contributed by atoms with E-state index < -0.39 is 70.2 Å². The van der Waals surface area contributed by atoms with E-state index in [1.54, 1.807) is 20.8 Å². The van der Waals surface area contributed by atoms with E-state index in [1.165, 1.54) is 4.90 Å². The minimum Gasteiger partial charge on any atom is -0.444 e. The Balaban J connectivity index is 2.24. The Morgan fingerprint density at radius 1 is 1.16 bits per heavy atom. The highest BCUT2D eigenvalue weighted by molar-refractivity contribution is 5.95. The predicted molar refractivity (Wildman–Crippen MR) is 117 cm³/mol. The van der Waals surface area contributed by atoms with Gasteiger partial charge in [-0.1, -0.05) is 0 Å². The van der Waals surface area contributed by atoms with Crippen LogP contribution in [0.15, 0.2) is 18.2 Å². The maximum Gasteiger partial charge on any atom is 0.410 e. The number of amides is 2. The van der Waals surface area contributed by atoms with E-state index in [-0.39, 0.29) is 32.0 Å². The first kappa shape index (κ1) is 29.9. The summed E-state index contributed by atoms with van der Waals surface area (Å²) in [7, 11) is 0. The molecule has 1 aromatic carbocycles. The van der Waals surface area contributed by atoms with Gasteiger partial charge in [-0.25, -0.2) is 4.79 Å². The number of carbonyl (C=O) groups excluding carboxylic acids is 2. The fourth-order valence-electron chi connectivity index (χ4n) is 3.39. The molecule has 1 heterocycles. The van der Waals surface area contributed by atoms with Gasteiger partial charge in [0.05, 0.1) is 24.2 Å². The standard InChI is InChI=1S/C21H26F6N4O6/c1-19(2,3)37-18(33)30-6-7-36-10-14(30)9-28-15-5-4-13(8-16(15)31(34)35)17(32)29(11-20(22,23)24)12-21(25,26)27/h4-5,8,14,28H,6-7,9-12H2,1-3H3. The molecule has 1 aliphatic heterocycles. The number of halogens is 6. The number of nitrogens with zero attached hydrogens (tertiary/aromatic N) is 3. The van der Waals surface area contributed by atoms with Gasteiger partial charge in [-0.05, 0) is 32.9 Å². The molecule has 0 bridgehead atoms. The van der Waals surface area contributed by atoms with E-state index in [0.29, 0.717) is 6.07 Å². The van der Waals surface area contributed by atoms with Gasteiger partial charge in [-0.15, -0.1) is 0 Å². The van der Waals surface area contributed by atoms with Gasteiger partial charge >= 0.3 is 18.4 Å². The number of hydrogen-bond acceptors (Lipinski definition) is 7. The largest absolute Gasteiger partial charge is 0.444 e. The first-order valence-corrected chi connectivity index (χ1v) is 10.9. The lowest BCUT2D eigenvalue weighted by molar-refractivity contribution is -0.384. The second-order valence-electron chi connectivity index (χ2n) is 9.16. The zero-order valence-corrected chi connectivity index (χ0v) is 20.1.